The molecule has 4 rings (SSSR count). The Kier molecular flexibility index (Phi) is 4.95. The zero-order chi connectivity index (χ0) is 19.3. The first-order valence-electron chi connectivity index (χ1n) is 9.07. The van der Waals surface area contributed by atoms with Crippen LogP contribution in [-0.2, 0) is 6.54 Å². The molecule has 136 valence electrons. The number of ketones is 1. The SMILES string of the molecule is COc1ccc(C#CCn2c(C(=O)c3ccccc3)cc3ccccc32)cc1. The van der Waals surface area contributed by atoms with Crippen LogP contribution in [0.5, 0.6) is 5.75 Å². The van der Waals surface area contributed by atoms with Gasteiger partial charge in [0.15, 0.2) is 0 Å². The van der Waals surface area contributed by atoms with Crippen LogP contribution in [-0.4, -0.2) is 17.5 Å². The topological polar surface area (TPSA) is 31.2 Å². The van der Waals surface area contributed by atoms with Crippen LogP contribution in [0, 0.1) is 11.8 Å². The predicted molar refractivity (Wildman–Crippen MR) is 112 cm³/mol. The van der Waals surface area contributed by atoms with Crippen molar-refractivity contribution >= 4 is 16.7 Å². The van der Waals surface area contributed by atoms with Crippen LogP contribution in [0.3, 0.4) is 0 Å². The van der Waals surface area contributed by atoms with Crippen molar-refractivity contribution in [2.75, 3.05) is 7.11 Å². The van der Waals surface area contributed by atoms with E-state index in [0.29, 0.717) is 17.8 Å². The fourth-order valence-corrected chi connectivity index (χ4v) is 3.20. The molecule has 4 aromatic rings. The third kappa shape index (κ3) is 3.54. The minimum absolute atomic E-state index is 0.00282. The molecule has 0 N–H and O–H groups in total. The molecular weight excluding hydrogens is 346 g/mol. The van der Waals surface area contributed by atoms with Crippen molar-refractivity contribution in [1.82, 2.24) is 4.57 Å². The molecule has 0 aliphatic heterocycles. The predicted octanol–water partition coefficient (Wildman–Crippen LogP) is 4.93. The first-order valence-corrected chi connectivity index (χ1v) is 9.07. The summed E-state index contributed by atoms with van der Waals surface area (Å²) in [5.74, 6) is 7.17. The minimum Gasteiger partial charge on any atom is -0.497 e. The molecular formula is C25H19NO2. The molecule has 0 fully saturated rings. The number of nitrogens with zero attached hydrogens (tertiary/aromatic N) is 1. The molecule has 0 saturated heterocycles. The summed E-state index contributed by atoms with van der Waals surface area (Å²) in [7, 11) is 1.64. The second-order valence-corrected chi connectivity index (χ2v) is 6.40. The Hall–Kier alpha value is -3.77. The molecule has 0 radical (unpaired) electrons. The Morgan fingerprint density at radius 1 is 0.929 bits per heavy atom. The zero-order valence-electron chi connectivity index (χ0n) is 15.6. The Balaban J connectivity index is 1.69. The third-order valence-electron chi connectivity index (χ3n) is 4.64. The van der Waals surface area contributed by atoms with Gasteiger partial charge >= 0.3 is 0 Å². The highest BCUT2D eigenvalue weighted by Crippen LogP contribution is 2.22. The third-order valence-corrected chi connectivity index (χ3v) is 4.64. The number of ether oxygens (including phenoxy) is 1. The number of methoxy groups -OCH3 is 1. The van der Waals surface area contributed by atoms with Gasteiger partial charge < -0.3 is 9.30 Å². The minimum atomic E-state index is 0.00282. The Labute approximate surface area is 164 Å². The van der Waals surface area contributed by atoms with Crippen LogP contribution in [0.2, 0.25) is 0 Å². The highest BCUT2D eigenvalue weighted by Gasteiger charge is 2.16. The molecule has 0 unspecified atom stereocenters. The molecule has 0 bridgehead atoms. The first-order chi connectivity index (χ1) is 13.8. The standard InChI is InChI=1S/C25H19NO2/c1-28-22-15-13-19(14-16-22)8-7-17-26-23-12-6-5-11-21(23)18-24(26)25(27)20-9-3-2-4-10-20/h2-6,9-16,18H,17H2,1H3. The summed E-state index contributed by atoms with van der Waals surface area (Å²) in [5, 5.41) is 1.04. The zero-order valence-corrected chi connectivity index (χ0v) is 15.6. The van der Waals surface area contributed by atoms with Gasteiger partial charge in [0.1, 0.15) is 5.75 Å². The smallest absolute Gasteiger partial charge is 0.209 e. The number of hydrogen-bond donors (Lipinski definition) is 0. The second kappa shape index (κ2) is 7.85. The maximum absolute atomic E-state index is 13.1. The van der Waals surface area contributed by atoms with Crippen LogP contribution < -0.4 is 4.74 Å². The average molecular weight is 365 g/mol. The van der Waals surface area contributed by atoms with Crippen molar-refractivity contribution < 1.29 is 9.53 Å². The van der Waals surface area contributed by atoms with Crippen molar-refractivity contribution in [3.63, 3.8) is 0 Å². The van der Waals surface area contributed by atoms with Gasteiger partial charge in [0.05, 0.1) is 19.3 Å². The summed E-state index contributed by atoms with van der Waals surface area (Å²) in [6, 6.07) is 26.9. The lowest BCUT2D eigenvalue weighted by Crippen LogP contribution is -2.09. The lowest BCUT2D eigenvalue weighted by molar-refractivity contribution is 0.103. The summed E-state index contributed by atoms with van der Waals surface area (Å²) >= 11 is 0. The van der Waals surface area contributed by atoms with Crippen LogP contribution in [0.1, 0.15) is 21.6 Å². The molecule has 1 aromatic heterocycles. The molecule has 1 heterocycles. The van der Waals surface area contributed by atoms with Crippen molar-refractivity contribution in [3.05, 3.63) is 102 Å². The lowest BCUT2D eigenvalue weighted by Gasteiger charge is -2.07. The lowest BCUT2D eigenvalue weighted by atomic mass is 10.1. The highest BCUT2D eigenvalue weighted by atomic mass is 16.5. The van der Waals surface area contributed by atoms with Crippen molar-refractivity contribution in [1.29, 1.82) is 0 Å². The van der Waals surface area contributed by atoms with Gasteiger partial charge in [-0.25, -0.2) is 0 Å². The van der Waals surface area contributed by atoms with E-state index in [1.54, 1.807) is 7.11 Å². The molecule has 3 nitrogen and oxygen atoms in total. The van der Waals surface area contributed by atoms with E-state index < -0.39 is 0 Å². The van der Waals surface area contributed by atoms with Gasteiger partial charge in [0.25, 0.3) is 0 Å². The average Bonchev–Trinajstić information content (AvgIpc) is 3.13. The fraction of sp³-hybridized carbons (Fsp3) is 0.0800. The Bertz CT molecular complexity index is 1180. The number of carbonyl (C=O) groups excluding carboxylic acids is 1. The van der Waals surface area contributed by atoms with Crippen LogP contribution in [0.25, 0.3) is 10.9 Å². The normalized spacial score (nSPS) is 10.3. The maximum atomic E-state index is 13.1. The van der Waals surface area contributed by atoms with E-state index in [1.165, 1.54) is 0 Å². The van der Waals surface area contributed by atoms with E-state index in [2.05, 4.69) is 11.8 Å². The van der Waals surface area contributed by atoms with E-state index in [9.17, 15) is 4.79 Å². The number of benzene rings is 3. The van der Waals surface area contributed by atoms with E-state index in [1.807, 2.05) is 89.5 Å². The molecule has 3 aromatic carbocycles. The van der Waals surface area contributed by atoms with Gasteiger partial charge in [-0.15, -0.1) is 0 Å². The van der Waals surface area contributed by atoms with E-state index >= 15 is 0 Å². The number of aromatic nitrogens is 1. The molecule has 28 heavy (non-hydrogen) atoms. The van der Waals surface area contributed by atoms with Crippen molar-refractivity contribution in [3.8, 4) is 17.6 Å². The van der Waals surface area contributed by atoms with Gasteiger partial charge in [-0.2, -0.15) is 0 Å². The monoisotopic (exact) mass is 365 g/mol. The summed E-state index contributed by atoms with van der Waals surface area (Å²) in [6.07, 6.45) is 0. The molecule has 0 saturated carbocycles. The number of para-hydroxylation sites is 1. The molecule has 0 amide bonds. The first kappa shape index (κ1) is 17.6. The summed E-state index contributed by atoms with van der Waals surface area (Å²) < 4.78 is 7.16. The maximum Gasteiger partial charge on any atom is 0.209 e. The van der Waals surface area contributed by atoms with Crippen LogP contribution in [0.15, 0.2) is 84.9 Å². The number of fused-ring (bicyclic) bond motifs is 1. The Morgan fingerprint density at radius 3 is 2.39 bits per heavy atom. The van der Waals surface area contributed by atoms with Crippen molar-refractivity contribution in [2.24, 2.45) is 0 Å². The summed E-state index contributed by atoms with van der Waals surface area (Å²) in [4.78, 5) is 13.1. The summed E-state index contributed by atoms with van der Waals surface area (Å²) in [6.45, 7) is 0.438. The fourth-order valence-electron chi connectivity index (χ4n) is 3.20. The Morgan fingerprint density at radius 2 is 1.64 bits per heavy atom. The molecule has 3 heteroatoms. The van der Waals surface area contributed by atoms with Gasteiger partial charge in [0, 0.05) is 22.0 Å². The van der Waals surface area contributed by atoms with Gasteiger partial charge in [0.2, 0.25) is 5.78 Å². The van der Waals surface area contributed by atoms with Gasteiger partial charge in [-0.1, -0.05) is 60.4 Å². The number of hydrogen-bond acceptors (Lipinski definition) is 2. The van der Waals surface area contributed by atoms with E-state index in [4.69, 9.17) is 4.74 Å². The molecule has 0 spiro atoms. The number of carbonyl (C=O) groups is 1. The second-order valence-electron chi connectivity index (χ2n) is 6.40. The van der Waals surface area contributed by atoms with E-state index in [0.717, 1.165) is 22.2 Å². The van der Waals surface area contributed by atoms with Gasteiger partial charge in [-0.3, -0.25) is 4.79 Å². The largest absolute Gasteiger partial charge is 0.497 e. The van der Waals surface area contributed by atoms with Gasteiger partial charge in [-0.05, 0) is 36.4 Å². The molecule has 0 aliphatic rings. The van der Waals surface area contributed by atoms with E-state index in [-0.39, 0.29) is 5.78 Å². The van der Waals surface area contributed by atoms with Crippen LogP contribution in [0.4, 0.5) is 0 Å². The highest BCUT2D eigenvalue weighted by molar-refractivity contribution is 6.10. The molecule has 0 aliphatic carbocycles. The van der Waals surface area contributed by atoms with Crippen molar-refractivity contribution in [2.45, 2.75) is 6.54 Å². The number of rotatable bonds is 4. The summed E-state index contributed by atoms with van der Waals surface area (Å²) in [5.41, 5.74) is 3.24. The quantitative estimate of drug-likeness (QED) is 0.379. The molecule has 0 atom stereocenters. The van der Waals surface area contributed by atoms with Crippen LogP contribution >= 0.6 is 0 Å².